The first-order valence-electron chi connectivity index (χ1n) is 2.40. The fourth-order valence-corrected chi connectivity index (χ4v) is 0.658. The van der Waals surface area contributed by atoms with Gasteiger partial charge >= 0.3 is 53.6 Å². The van der Waals surface area contributed by atoms with E-state index in [1.165, 1.54) is 0 Å². The van der Waals surface area contributed by atoms with Crippen LogP contribution >= 0.6 is 0 Å². The first kappa shape index (κ1) is 11.7. The summed E-state index contributed by atoms with van der Waals surface area (Å²) in [5.74, 6) is 0. The molecule has 4 heteroatoms. The van der Waals surface area contributed by atoms with E-state index in [0.29, 0.717) is 0 Å². The predicted octanol–water partition coefficient (Wildman–Crippen LogP) is -2.02. The molecule has 0 spiro atoms. The summed E-state index contributed by atoms with van der Waals surface area (Å²) < 4.78 is 9.95. The van der Waals surface area contributed by atoms with Crippen LogP contribution in [0.3, 0.4) is 0 Å². The first-order chi connectivity index (χ1) is 3.41. The molecule has 0 atom stereocenters. The molecule has 0 aromatic heterocycles. The summed E-state index contributed by atoms with van der Waals surface area (Å²) in [7, 11) is 0. The molecule has 0 amide bonds. The fourth-order valence-electron chi connectivity index (χ4n) is 0.160. The molecule has 0 heterocycles. The molecule has 8 heavy (non-hydrogen) atoms. The third-order valence-electron chi connectivity index (χ3n) is 0.407. The van der Waals surface area contributed by atoms with Crippen molar-refractivity contribution in [3.05, 3.63) is 0 Å². The predicted molar refractivity (Wildman–Crippen MR) is 23.3 cm³/mol. The van der Waals surface area contributed by atoms with E-state index >= 15 is 0 Å². The second kappa shape index (κ2) is 10.8. The van der Waals surface area contributed by atoms with E-state index in [1.807, 2.05) is 13.8 Å². The zero-order valence-electron chi connectivity index (χ0n) is 5.11. The molecule has 0 rings (SSSR count). The van der Waals surface area contributed by atoms with Gasteiger partial charge < -0.3 is 12.4 Å². The maximum absolute atomic E-state index is 4.98. The van der Waals surface area contributed by atoms with Gasteiger partial charge in [0.05, 0.1) is 0 Å². The normalized spacial score (nSPS) is 7.25. The molecule has 0 aliphatic carbocycles. The van der Waals surface area contributed by atoms with E-state index in [0.717, 1.165) is 13.2 Å². The average Bonchev–Trinajstić information content (AvgIpc) is 1.69. The van der Waals surface area contributed by atoms with Gasteiger partial charge in [0, 0.05) is 0 Å². The van der Waals surface area contributed by atoms with E-state index in [2.05, 4.69) is 0 Å². The van der Waals surface area contributed by atoms with Gasteiger partial charge in [0.25, 0.3) is 0 Å². The summed E-state index contributed by atoms with van der Waals surface area (Å²) in [6.45, 7) is 5.53. The minimum Gasteiger partial charge on any atom is -1.00 e. The molecule has 0 N–H and O–H groups in total. The van der Waals surface area contributed by atoms with E-state index in [9.17, 15) is 0 Å². The third kappa shape index (κ3) is 10.0. The molecular formula is C4H10ClO2Ti. The molecule has 0 aromatic rings. The zero-order chi connectivity index (χ0) is 5.54. The molecule has 0 unspecified atom stereocenters. The molecule has 0 radical (unpaired) electrons. The van der Waals surface area contributed by atoms with E-state index in [1.54, 1.807) is 0 Å². The van der Waals surface area contributed by atoms with Crippen LogP contribution in [0.1, 0.15) is 13.8 Å². The van der Waals surface area contributed by atoms with Gasteiger partial charge in [-0.1, -0.05) is 0 Å². The monoisotopic (exact) mass is 173 g/mol. The number of hydrogen-bond acceptors (Lipinski definition) is 2. The van der Waals surface area contributed by atoms with E-state index < -0.39 is 19.9 Å². The van der Waals surface area contributed by atoms with Crippen LogP contribution in [-0.4, -0.2) is 13.2 Å². The Morgan fingerprint density at radius 3 is 1.75 bits per heavy atom. The number of halogens is 1. The second-order valence-corrected chi connectivity index (χ2v) is 2.11. The fraction of sp³-hybridized carbons (Fsp3) is 1.00. The van der Waals surface area contributed by atoms with Crippen LogP contribution in [0.4, 0.5) is 0 Å². The zero-order valence-corrected chi connectivity index (χ0v) is 7.43. The van der Waals surface area contributed by atoms with E-state index in [4.69, 9.17) is 6.64 Å². The average molecular weight is 173 g/mol. The van der Waals surface area contributed by atoms with Gasteiger partial charge in [-0.15, -0.1) is 0 Å². The number of hydrogen-bond donors (Lipinski definition) is 0. The van der Waals surface area contributed by atoms with Gasteiger partial charge in [-0.2, -0.15) is 0 Å². The smallest absolute Gasteiger partial charge is 1.00 e. The molecule has 0 aliphatic heterocycles. The first-order valence-corrected chi connectivity index (χ1v) is 3.67. The van der Waals surface area contributed by atoms with Crippen LogP contribution in [-0.2, 0) is 26.6 Å². The number of rotatable bonds is 4. The van der Waals surface area contributed by atoms with Crippen molar-refractivity contribution in [2.24, 2.45) is 0 Å². The van der Waals surface area contributed by atoms with Crippen LogP contribution in [0.5, 0.6) is 0 Å². The Labute approximate surface area is 66.2 Å². The van der Waals surface area contributed by atoms with Crippen molar-refractivity contribution in [1.82, 2.24) is 0 Å². The Bertz CT molecular complexity index is 33.2. The Kier molecular flexibility index (Phi) is 15.8. The molecular weight excluding hydrogens is 163 g/mol. The molecule has 2 nitrogen and oxygen atoms in total. The Balaban J connectivity index is 0. The minimum atomic E-state index is -0.486. The SMILES string of the molecule is CC[O][Ti+][O]CC.[Cl-]. The van der Waals surface area contributed by atoms with Crippen molar-refractivity contribution in [2.75, 3.05) is 13.2 Å². The van der Waals surface area contributed by atoms with Crippen LogP contribution < -0.4 is 12.4 Å². The molecule has 0 saturated carbocycles. The van der Waals surface area contributed by atoms with Crippen LogP contribution in [0.2, 0.25) is 0 Å². The van der Waals surface area contributed by atoms with Crippen LogP contribution in [0, 0.1) is 0 Å². The summed E-state index contributed by atoms with van der Waals surface area (Å²) in [5, 5.41) is 0. The quantitative estimate of drug-likeness (QED) is 0.361. The summed E-state index contributed by atoms with van der Waals surface area (Å²) in [6, 6.07) is 0. The standard InChI is InChI=1S/2C2H5O.ClH.Ti/c2*1-2-3;;/h2*2H2,1H3;1H;/q2*-1;;+3/p-1. The topological polar surface area (TPSA) is 18.5 Å². The van der Waals surface area contributed by atoms with E-state index in [-0.39, 0.29) is 12.4 Å². The largest absolute Gasteiger partial charge is 1.00 e. The van der Waals surface area contributed by atoms with Crippen molar-refractivity contribution in [3.63, 3.8) is 0 Å². The molecule has 0 aromatic carbocycles. The van der Waals surface area contributed by atoms with Crippen molar-refractivity contribution < 1.29 is 39.0 Å². The molecule has 0 bridgehead atoms. The van der Waals surface area contributed by atoms with Crippen molar-refractivity contribution in [3.8, 4) is 0 Å². The maximum Gasteiger partial charge on any atom is -1.00 e. The van der Waals surface area contributed by atoms with Crippen molar-refractivity contribution >= 4 is 0 Å². The Morgan fingerprint density at radius 1 is 1.12 bits per heavy atom. The maximum atomic E-state index is 4.98. The molecule has 49 valence electrons. The van der Waals surface area contributed by atoms with Gasteiger partial charge in [-0.05, 0) is 0 Å². The van der Waals surface area contributed by atoms with Crippen molar-refractivity contribution in [2.45, 2.75) is 13.8 Å². The Hall–Kier alpha value is 0.924. The Morgan fingerprint density at radius 2 is 1.50 bits per heavy atom. The minimum absolute atomic E-state index is 0. The molecule has 0 saturated heterocycles. The van der Waals surface area contributed by atoms with Crippen LogP contribution in [0.25, 0.3) is 0 Å². The summed E-state index contributed by atoms with van der Waals surface area (Å²) in [6.07, 6.45) is 0. The van der Waals surface area contributed by atoms with Gasteiger partial charge in [0.2, 0.25) is 0 Å². The third-order valence-corrected chi connectivity index (χ3v) is 1.68. The van der Waals surface area contributed by atoms with Gasteiger partial charge in [0.1, 0.15) is 0 Å². The second-order valence-electron chi connectivity index (χ2n) is 0.949. The van der Waals surface area contributed by atoms with Gasteiger partial charge in [-0.25, -0.2) is 0 Å². The van der Waals surface area contributed by atoms with Crippen molar-refractivity contribution in [1.29, 1.82) is 0 Å². The summed E-state index contributed by atoms with van der Waals surface area (Å²) >= 11 is -0.486. The molecule has 0 fully saturated rings. The van der Waals surface area contributed by atoms with Gasteiger partial charge in [-0.3, -0.25) is 0 Å². The molecule has 0 aliphatic rings. The summed E-state index contributed by atoms with van der Waals surface area (Å²) in [5.41, 5.74) is 0. The van der Waals surface area contributed by atoms with Crippen LogP contribution in [0.15, 0.2) is 0 Å². The summed E-state index contributed by atoms with van der Waals surface area (Å²) in [4.78, 5) is 0. The van der Waals surface area contributed by atoms with Gasteiger partial charge in [0.15, 0.2) is 0 Å².